The molecule has 0 aromatic rings. The van der Waals surface area contributed by atoms with Gasteiger partial charge in [0.2, 0.25) is 5.91 Å². The second-order valence-electron chi connectivity index (χ2n) is 7.36. The maximum absolute atomic E-state index is 12.7. The summed E-state index contributed by atoms with van der Waals surface area (Å²) in [6, 6.07) is 0.530. The molecule has 1 saturated carbocycles. The van der Waals surface area contributed by atoms with Crippen LogP contribution in [-0.2, 0) is 9.53 Å². The molecule has 1 fully saturated rings. The Hall–Kier alpha value is -0.570. The largest absolute Gasteiger partial charge is 0.376 e. The summed E-state index contributed by atoms with van der Waals surface area (Å²) in [4.78, 5) is 14.8. The Morgan fingerprint density at radius 3 is 2.33 bits per heavy atom. The quantitative estimate of drug-likeness (QED) is 0.598. The average Bonchev–Trinajstić information content (AvgIpc) is 3.18. The number of nitrogens with zero attached hydrogens (tertiary/aromatic N) is 1. The Kier molecular flexibility index (Phi) is 7.19. The van der Waals surface area contributed by atoms with Crippen LogP contribution in [0.15, 0.2) is 0 Å². The lowest BCUT2D eigenvalue weighted by Crippen LogP contribution is -2.38. The third kappa shape index (κ3) is 6.37. The number of rotatable bonds is 10. The zero-order valence-electron chi connectivity index (χ0n) is 14.9. The van der Waals surface area contributed by atoms with Crippen molar-refractivity contribution in [2.75, 3.05) is 6.54 Å². The molecular weight excluding hydrogens is 262 g/mol. The SMILES string of the molecule is CCCN(C(=O)CC(C)(CC)CC(C)OC(C)C)C1CC1. The van der Waals surface area contributed by atoms with E-state index in [2.05, 4.69) is 46.4 Å². The van der Waals surface area contributed by atoms with Gasteiger partial charge in [-0.1, -0.05) is 27.2 Å². The predicted molar refractivity (Wildman–Crippen MR) is 88.3 cm³/mol. The van der Waals surface area contributed by atoms with E-state index in [1.807, 2.05) is 0 Å². The summed E-state index contributed by atoms with van der Waals surface area (Å²) in [6.07, 6.45) is 6.54. The van der Waals surface area contributed by atoms with E-state index in [-0.39, 0.29) is 17.6 Å². The van der Waals surface area contributed by atoms with Gasteiger partial charge < -0.3 is 9.64 Å². The molecule has 0 spiro atoms. The smallest absolute Gasteiger partial charge is 0.223 e. The van der Waals surface area contributed by atoms with Gasteiger partial charge in [-0.2, -0.15) is 0 Å². The van der Waals surface area contributed by atoms with Crippen LogP contribution >= 0.6 is 0 Å². The maximum Gasteiger partial charge on any atom is 0.223 e. The Morgan fingerprint density at radius 2 is 1.90 bits per heavy atom. The molecule has 3 heteroatoms. The van der Waals surface area contributed by atoms with Crippen LogP contribution in [-0.4, -0.2) is 35.6 Å². The third-order valence-electron chi connectivity index (χ3n) is 4.49. The summed E-state index contributed by atoms with van der Waals surface area (Å²) in [7, 11) is 0. The number of hydrogen-bond donors (Lipinski definition) is 0. The summed E-state index contributed by atoms with van der Waals surface area (Å²) < 4.78 is 5.87. The standard InChI is InChI=1S/C18H35NO2/c1-7-11-19(16-9-10-16)17(20)13-18(6,8-2)12-15(5)21-14(3)4/h14-16H,7-13H2,1-6H3. The van der Waals surface area contributed by atoms with Crippen molar-refractivity contribution in [3.05, 3.63) is 0 Å². The van der Waals surface area contributed by atoms with Crippen LogP contribution in [0.4, 0.5) is 0 Å². The molecule has 124 valence electrons. The molecule has 2 unspecified atom stereocenters. The van der Waals surface area contributed by atoms with Gasteiger partial charge in [-0.3, -0.25) is 4.79 Å². The molecule has 3 nitrogen and oxygen atoms in total. The van der Waals surface area contributed by atoms with Crippen LogP contribution in [0.2, 0.25) is 0 Å². The number of carbonyl (C=O) groups excluding carboxylic acids is 1. The molecule has 1 aliphatic rings. The first-order valence-electron chi connectivity index (χ1n) is 8.76. The zero-order valence-corrected chi connectivity index (χ0v) is 14.9. The van der Waals surface area contributed by atoms with Gasteiger partial charge in [0.05, 0.1) is 12.2 Å². The van der Waals surface area contributed by atoms with Crippen molar-refractivity contribution in [1.82, 2.24) is 4.90 Å². The number of carbonyl (C=O) groups is 1. The van der Waals surface area contributed by atoms with Gasteiger partial charge in [0, 0.05) is 19.0 Å². The summed E-state index contributed by atoms with van der Waals surface area (Å²) in [5, 5.41) is 0. The molecule has 1 amide bonds. The lowest BCUT2D eigenvalue weighted by Gasteiger charge is -2.34. The van der Waals surface area contributed by atoms with E-state index >= 15 is 0 Å². The van der Waals surface area contributed by atoms with Crippen LogP contribution in [0.5, 0.6) is 0 Å². The van der Waals surface area contributed by atoms with Crippen LogP contribution in [0.25, 0.3) is 0 Å². The zero-order chi connectivity index (χ0) is 16.0. The minimum Gasteiger partial charge on any atom is -0.376 e. The highest BCUT2D eigenvalue weighted by atomic mass is 16.5. The highest BCUT2D eigenvalue weighted by molar-refractivity contribution is 5.77. The predicted octanol–water partition coefficient (Wildman–Crippen LogP) is 4.40. The van der Waals surface area contributed by atoms with Crippen LogP contribution in [0.1, 0.15) is 80.1 Å². The van der Waals surface area contributed by atoms with Crippen molar-refractivity contribution in [2.24, 2.45) is 5.41 Å². The average molecular weight is 297 g/mol. The topological polar surface area (TPSA) is 29.5 Å². The van der Waals surface area contributed by atoms with E-state index in [4.69, 9.17) is 4.74 Å². The van der Waals surface area contributed by atoms with Crippen LogP contribution < -0.4 is 0 Å². The number of hydrogen-bond acceptors (Lipinski definition) is 2. The van der Waals surface area contributed by atoms with Crippen LogP contribution in [0, 0.1) is 5.41 Å². The Labute approximate surface area is 131 Å². The molecule has 0 N–H and O–H groups in total. The fourth-order valence-corrected chi connectivity index (χ4v) is 3.15. The van der Waals surface area contributed by atoms with Gasteiger partial charge in [-0.15, -0.1) is 0 Å². The minimum absolute atomic E-state index is 0.0479. The highest BCUT2D eigenvalue weighted by Crippen LogP contribution is 2.35. The van der Waals surface area contributed by atoms with Gasteiger partial charge in [0.25, 0.3) is 0 Å². The normalized spacial score (nSPS) is 19.4. The van der Waals surface area contributed by atoms with Gasteiger partial charge in [-0.25, -0.2) is 0 Å². The lowest BCUT2D eigenvalue weighted by atomic mass is 9.78. The molecule has 21 heavy (non-hydrogen) atoms. The first kappa shape index (κ1) is 18.5. The van der Waals surface area contributed by atoms with Crippen molar-refractivity contribution < 1.29 is 9.53 Å². The number of ether oxygens (including phenoxy) is 1. The third-order valence-corrected chi connectivity index (χ3v) is 4.49. The van der Waals surface area contributed by atoms with Crippen molar-refractivity contribution in [1.29, 1.82) is 0 Å². The van der Waals surface area contributed by atoms with E-state index in [1.54, 1.807) is 0 Å². The molecule has 0 heterocycles. The molecule has 0 saturated heterocycles. The van der Waals surface area contributed by atoms with E-state index < -0.39 is 0 Å². The van der Waals surface area contributed by atoms with Crippen LogP contribution in [0.3, 0.4) is 0 Å². The van der Waals surface area contributed by atoms with Crippen molar-refractivity contribution in [3.63, 3.8) is 0 Å². The lowest BCUT2D eigenvalue weighted by molar-refractivity contribution is -0.135. The Morgan fingerprint density at radius 1 is 1.29 bits per heavy atom. The second kappa shape index (κ2) is 8.17. The Bertz CT molecular complexity index is 325. The summed E-state index contributed by atoms with van der Waals surface area (Å²) in [5.74, 6) is 0.348. The fraction of sp³-hybridized carbons (Fsp3) is 0.944. The molecule has 0 radical (unpaired) electrons. The summed E-state index contributed by atoms with van der Waals surface area (Å²) in [6.45, 7) is 13.8. The van der Waals surface area contributed by atoms with Gasteiger partial charge >= 0.3 is 0 Å². The monoisotopic (exact) mass is 297 g/mol. The molecule has 1 rings (SSSR count). The van der Waals surface area contributed by atoms with Crippen molar-refractivity contribution in [3.8, 4) is 0 Å². The maximum atomic E-state index is 12.7. The van der Waals surface area contributed by atoms with E-state index in [0.717, 1.165) is 25.8 Å². The molecule has 0 bridgehead atoms. The number of amides is 1. The fourth-order valence-electron chi connectivity index (χ4n) is 3.15. The van der Waals surface area contributed by atoms with E-state index in [0.29, 0.717) is 18.4 Å². The molecule has 0 aliphatic heterocycles. The van der Waals surface area contributed by atoms with Crippen molar-refractivity contribution in [2.45, 2.75) is 98.3 Å². The summed E-state index contributed by atoms with van der Waals surface area (Å²) >= 11 is 0. The highest BCUT2D eigenvalue weighted by Gasteiger charge is 2.36. The first-order valence-corrected chi connectivity index (χ1v) is 8.76. The minimum atomic E-state index is 0.0479. The summed E-state index contributed by atoms with van der Waals surface area (Å²) in [5.41, 5.74) is 0.0479. The molecular formula is C18H35NO2. The van der Waals surface area contributed by atoms with Gasteiger partial charge in [0.15, 0.2) is 0 Å². The molecule has 1 aliphatic carbocycles. The van der Waals surface area contributed by atoms with Gasteiger partial charge in [-0.05, 0) is 51.9 Å². The van der Waals surface area contributed by atoms with E-state index in [1.165, 1.54) is 12.8 Å². The molecule has 2 atom stereocenters. The molecule has 0 aromatic carbocycles. The Balaban J connectivity index is 2.59. The van der Waals surface area contributed by atoms with E-state index in [9.17, 15) is 4.79 Å². The molecule has 0 aromatic heterocycles. The first-order chi connectivity index (χ1) is 9.81. The van der Waals surface area contributed by atoms with Crippen molar-refractivity contribution >= 4 is 5.91 Å². The van der Waals surface area contributed by atoms with Gasteiger partial charge in [0.1, 0.15) is 0 Å². The second-order valence-corrected chi connectivity index (χ2v) is 7.36.